The molecule has 1 saturated carbocycles. The average molecular weight is 227 g/mol. The van der Waals surface area contributed by atoms with Gasteiger partial charge in [-0.05, 0) is 36.6 Å². The van der Waals surface area contributed by atoms with Crippen LogP contribution in [0.3, 0.4) is 0 Å². The Balaban J connectivity index is 2.14. The molecule has 1 heterocycles. The first kappa shape index (κ1) is 10.3. The van der Waals surface area contributed by atoms with Gasteiger partial charge in [0.2, 0.25) is 6.08 Å². The van der Waals surface area contributed by atoms with Gasteiger partial charge < -0.3 is 4.42 Å². The number of hydrogen-bond acceptors (Lipinski definition) is 3. The van der Waals surface area contributed by atoms with E-state index < -0.39 is 0 Å². The third kappa shape index (κ3) is 1.60. The highest BCUT2D eigenvalue weighted by molar-refractivity contribution is 5.78. The summed E-state index contributed by atoms with van der Waals surface area (Å²) in [7, 11) is 0. The fourth-order valence-electron chi connectivity index (χ4n) is 2.77. The second-order valence-electron chi connectivity index (χ2n) is 4.61. The van der Waals surface area contributed by atoms with E-state index in [2.05, 4.69) is 11.1 Å². The standard InChI is InChI=1S/C14H13NO2/c16-10-15-14(6-1-2-7-14)12-3-4-13-11(9-12)5-8-17-13/h3-5,8-9H,1-2,6-7H2. The van der Waals surface area contributed by atoms with Gasteiger partial charge in [-0.15, -0.1) is 0 Å². The van der Waals surface area contributed by atoms with Gasteiger partial charge in [-0.2, -0.15) is 4.99 Å². The minimum Gasteiger partial charge on any atom is -0.464 e. The highest BCUT2D eigenvalue weighted by Gasteiger charge is 2.35. The van der Waals surface area contributed by atoms with Gasteiger partial charge >= 0.3 is 0 Å². The van der Waals surface area contributed by atoms with E-state index in [1.165, 1.54) is 0 Å². The molecule has 1 aliphatic carbocycles. The Kier molecular flexibility index (Phi) is 2.34. The average Bonchev–Trinajstić information content (AvgIpc) is 2.96. The second-order valence-corrected chi connectivity index (χ2v) is 4.61. The molecule has 3 rings (SSSR count). The summed E-state index contributed by atoms with van der Waals surface area (Å²) in [5, 5.41) is 1.06. The van der Waals surface area contributed by atoms with Crippen molar-refractivity contribution < 1.29 is 9.21 Å². The number of carbonyl (C=O) groups excluding carboxylic acids is 1. The van der Waals surface area contributed by atoms with Crippen LogP contribution in [0, 0.1) is 0 Å². The quantitative estimate of drug-likeness (QED) is 0.581. The van der Waals surface area contributed by atoms with Crippen molar-refractivity contribution in [2.75, 3.05) is 0 Å². The molecule has 0 radical (unpaired) electrons. The maximum Gasteiger partial charge on any atom is 0.235 e. The summed E-state index contributed by atoms with van der Waals surface area (Å²) in [5.41, 5.74) is 1.64. The zero-order chi connectivity index (χ0) is 11.7. The van der Waals surface area contributed by atoms with Crippen LogP contribution >= 0.6 is 0 Å². The van der Waals surface area contributed by atoms with Gasteiger partial charge in [0.15, 0.2) is 0 Å². The highest BCUT2D eigenvalue weighted by Crippen LogP contribution is 2.42. The van der Waals surface area contributed by atoms with Crippen LogP contribution in [0.25, 0.3) is 11.0 Å². The molecule has 86 valence electrons. The Morgan fingerprint density at radius 1 is 1.24 bits per heavy atom. The number of furan rings is 1. The van der Waals surface area contributed by atoms with Crippen molar-refractivity contribution in [3.63, 3.8) is 0 Å². The van der Waals surface area contributed by atoms with E-state index >= 15 is 0 Å². The monoisotopic (exact) mass is 227 g/mol. The van der Waals surface area contributed by atoms with Crippen LogP contribution in [-0.4, -0.2) is 6.08 Å². The molecule has 17 heavy (non-hydrogen) atoms. The number of fused-ring (bicyclic) bond motifs is 1. The molecule has 1 aromatic carbocycles. The van der Waals surface area contributed by atoms with Crippen molar-refractivity contribution in [2.45, 2.75) is 31.2 Å². The van der Waals surface area contributed by atoms with Gasteiger partial charge in [0, 0.05) is 5.39 Å². The summed E-state index contributed by atoms with van der Waals surface area (Å²) < 4.78 is 5.32. The highest BCUT2D eigenvalue weighted by atomic mass is 16.3. The fraction of sp³-hybridized carbons (Fsp3) is 0.357. The Labute approximate surface area is 99.1 Å². The second kappa shape index (κ2) is 3.86. The summed E-state index contributed by atoms with van der Waals surface area (Å²) in [6, 6.07) is 7.97. The molecule has 3 heteroatoms. The molecule has 0 bridgehead atoms. The molecule has 0 N–H and O–H groups in total. The van der Waals surface area contributed by atoms with Gasteiger partial charge in [-0.25, -0.2) is 4.79 Å². The lowest BCUT2D eigenvalue weighted by molar-refractivity contribution is 0.456. The Morgan fingerprint density at radius 2 is 2.06 bits per heavy atom. The predicted octanol–water partition coefficient (Wildman–Crippen LogP) is 3.54. The van der Waals surface area contributed by atoms with E-state index in [4.69, 9.17) is 4.42 Å². The molecule has 0 aliphatic heterocycles. The molecular formula is C14H13NO2. The SMILES string of the molecule is O=C=NC1(c2ccc3occc3c2)CCCC1. The summed E-state index contributed by atoms with van der Waals surface area (Å²) in [4.78, 5) is 14.7. The van der Waals surface area contributed by atoms with Crippen LogP contribution in [0.15, 0.2) is 39.9 Å². The number of benzene rings is 1. The molecule has 1 fully saturated rings. The zero-order valence-corrected chi connectivity index (χ0v) is 9.48. The van der Waals surface area contributed by atoms with Gasteiger partial charge in [0.05, 0.1) is 11.8 Å². The smallest absolute Gasteiger partial charge is 0.235 e. The van der Waals surface area contributed by atoms with Gasteiger partial charge in [0.25, 0.3) is 0 Å². The van der Waals surface area contributed by atoms with E-state index in [9.17, 15) is 4.79 Å². The third-order valence-electron chi connectivity index (χ3n) is 3.68. The summed E-state index contributed by atoms with van der Waals surface area (Å²) in [5.74, 6) is 0. The summed E-state index contributed by atoms with van der Waals surface area (Å²) in [6.45, 7) is 0. The van der Waals surface area contributed by atoms with Crippen molar-refractivity contribution in [3.05, 3.63) is 36.1 Å². The minimum absolute atomic E-state index is 0.340. The maximum atomic E-state index is 10.6. The van der Waals surface area contributed by atoms with Crippen molar-refractivity contribution in [1.82, 2.24) is 0 Å². The lowest BCUT2D eigenvalue weighted by Crippen LogP contribution is -2.18. The first-order chi connectivity index (χ1) is 8.34. The maximum absolute atomic E-state index is 10.6. The number of isocyanates is 1. The Hall–Kier alpha value is -1.86. The molecule has 1 aliphatic rings. The Morgan fingerprint density at radius 3 is 2.82 bits per heavy atom. The Bertz CT molecular complexity index is 587. The van der Waals surface area contributed by atoms with E-state index in [0.29, 0.717) is 0 Å². The third-order valence-corrected chi connectivity index (χ3v) is 3.68. The largest absolute Gasteiger partial charge is 0.464 e. The number of rotatable bonds is 2. The van der Waals surface area contributed by atoms with Crippen molar-refractivity contribution in [2.24, 2.45) is 4.99 Å². The molecule has 0 atom stereocenters. The van der Waals surface area contributed by atoms with E-state index in [0.717, 1.165) is 42.2 Å². The van der Waals surface area contributed by atoms with E-state index in [1.54, 1.807) is 12.3 Å². The van der Waals surface area contributed by atoms with Crippen LogP contribution in [0.4, 0.5) is 0 Å². The topological polar surface area (TPSA) is 42.6 Å². The van der Waals surface area contributed by atoms with Gasteiger partial charge in [-0.1, -0.05) is 18.9 Å². The molecule has 3 nitrogen and oxygen atoms in total. The summed E-state index contributed by atoms with van der Waals surface area (Å²) >= 11 is 0. The normalized spacial score (nSPS) is 18.1. The van der Waals surface area contributed by atoms with Crippen LogP contribution in [-0.2, 0) is 10.3 Å². The minimum atomic E-state index is -0.340. The van der Waals surface area contributed by atoms with Crippen molar-refractivity contribution in [3.8, 4) is 0 Å². The molecule has 0 spiro atoms. The van der Waals surface area contributed by atoms with Crippen LogP contribution in [0.1, 0.15) is 31.2 Å². The predicted molar refractivity (Wildman–Crippen MR) is 64.5 cm³/mol. The van der Waals surface area contributed by atoms with Crippen LogP contribution in [0.5, 0.6) is 0 Å². The van der Waals surface area contributed by atoms with Crippen LogP contribution in [0.2, 0.25) is 0 Å². The zero-order valence-electron chi connectivity index (χ0n) is 9.48. The lowest BCUT2D eigenvalue weighted by Gasteiger charge is -2.22. The summed E-state index contributed by atoms with van der Waals surface area (Å²) in [6.07, 6.45) is 7.53. The number of aliphatic imine (C=N–C) groups is 1. The molecule has 1 aromatic heterocycles. The first-order valence-electron chi connectivity index (χ1n) is 5.91. The molecule has 0 saturated heterocycles. The fourth-order valence-corrected chi connectivity index (χ4v) is 2.77. The first-order valence-corrected chi connectivity index (χ1v) is 5.91. The number of nitrogens with zero attached hydrogens (tertiary/aromatic N) is 1. The van der Waals surface area contributed by atoms with Crippen molar-refractivity contribution in [1.29, 1.82) is 0 Å². The molecule has 0 amide bonds. The van der Waals surface area contributed by atoms with Gasteiger partial charge in [0.1, 0.15) is 5.58 Å². The molecule has 0 unspecified atom stereocenters. The lowest BCUT2D eigenvalue weighted by atomic mass is 9.88. The van der Waals surface area contributed by atoms with Crippen molar-refractivity contribution >= 4 is 17.0 Å². The molecular weight excluding hydrogens is 214 g/mol. The van der Waals surface area contributed by atoms with E-state index in [1.807, 2.05) is 18.2 Å². The van der Waals surface area contributed by atoms with Gasteiger partial charge in [-0.3, -0.25) is 0 Å². The molecule has 2 aromatic rings. The van der Waals surface area contributed by atoms with Crippen LogP contribution < -0.4 is 0 Å². The number of hydrogen-bond donors (Lipinski definition) is 0. The van der Waals surface area contributed by atoms with E-state index in [-0.39, 0.29) is 5.54 Å².